The molecule has 19 heavy (non-hydrogen) atoms. The number of carbonyl (C=O) groups is 1. The third-order valence-electron chi connectivity index (χ3n) is 1.61. The van der Waals surface area contributed by atoms with Gasteiger partial charge in [-0.1, -0.05) is 5.57 Å². The smallest absolute Gasteiger partial charge is 0.314 e. The minimum Gasteiger partial charge on any atom is -0.532 e. The van der Waals surface area contributed by atoms with Crippen molar-refractivity contribution < 1.29 is 13.6 Å². The van der Waals surface area contributed by atoms with Gasteiger partial charge in [-0.15, -0.1) is 0 Å². The summed E-state index contributed by atoms with van der Waals surface area (Å²) in [5.74, 6) is 0.254. The second kappa shape index (κ2) is 7.05. The Balaban J connectivity index is 4.75. The van der Waals surface area contributed by atoms with Crippen LogP contribution in [0, 0.1) is 0 Å². The molecular formula is C13H27NO3Si2. The second-order valence-electron chi connectivity index (χ2n) is 6.68. The highest BCUT2D eigenvalue weighted by Crippen LogP contribution is 2.07. The highest BCUT2D eigenvalue weighted by atomic mass is 28.4. The fraction of sp³-hybridized carbons (Fsp3) is 0.692. The number of hydrogen-bond donors (Lipinski definition) is 0. The van der Waals surface area contributed by atoms with Crippen molar-refractivity contribution in [2.75, 3.05) is 6.54 Å². The van der Waals surface area contributed by atoms with Crippen LogP contribution in [0.15, 0.2) is 16.6 Å². The molecule has 0 amide bonds. The van der Waals surface area contributed by atoms with E-state index in [1.54, 1.807) is 0 Å². The maximum absolute atomic E-state index is 11.7. The molecule has 0 radical (unpaired) electrons. The molecule has 0 fully saturated rings. The molecule has 0 aromatic carbocycles. The van der Waals surface area contributed by atoms with Gasteiger partial charge in [0.2, 0.25) is 16.6 Å². The Kier molecular flexibility index (Phi) is 6.72. The molecule has 0 aliphatic carbocycles. The summed E-state index contributed by atoms with van der Waals surface area (Å²) in [5.41, 5.74) is 1.09. The molecule has 0 unspecified atom stereocenters. The molecule has 6 heteroatoms. The zero-order valence-corrected chi connectivity index (χ0v) is 15.5. The first-order valence-corrected chi connectivity index (χ1v) is 13.3. The van der Waals surface area contributed by atoms with Crippen LogP contribution in [0.3, 0.4) is 0 Å². The standard InChI is InChI=1S/C13H27NO3Si2/c1-11(2)9-12(16-18(3,4)5)14-10-13(15)17-19(6,7)8/h9H,10H2,1-8H3. The summed E-state index contributed by atoms with van der Waals surface area (Å²) in [7, 11) is -3.56. The summed E-state index contributed by atoms with van der Waals surface area (Å²) in [4.78, 5) is 15.9. The minimum atomic E-state index is -1.84. The molecule has 4 nitrogen and oxygen atoms in total. The van der Waals surface area contributed by atoms with Crippen LogP contribution in [0.5, 0.6) is 0 Å². The highest BCUT2D eigenvalue weighted by Gasteiger charge is 2.21. The average molecular weight is 302 g/mol. The first kappa shape index (κ1) is 18.1. The average Bonchev–Trinajstić information content (AvgIpc) is 2.07. The molecule has 0 aromatic rings. The Morgan fingerprint density at radius 2 is 1.47 bits per heavy atom. The fourth-order valence-electron chi connectivity index (χ4n) is 1.18. The summed E-state index contributed by atoms with van der Waals surface area (Å²) < 4.78 is 11.2. The Hall–Kier alpha value is -0.886. The molecule has 110 valence electrons. The Bertz CT molecular complexity index is 372. The number of rotatable bonds is 5. The van der Waals surface area contributed by atoms with Gasteiger partial charge in [0.05, 0.1) is 0 Å². The molecule has 0 saturated heterocycles. The minimum absolute atomic E-state index is 0.0217. The van der Waals surface area contributed by atoms with E-state index in [0.717, 1.165) is 5.57 Å². The lowest BCUT2D eigenvalue weighted by molar-refractivity contribution is -0.133. The SMILES string of the molecule is CC(C)=CC(=NCC(=O)O[Si](C)(C)C)O[Si](C)(C)C. The van der Waals surface area contributed by atoms with Crippen molar-refractivity contribution in [3.63, 3.8) is 0 Å². The molecular weight excluding hydrogens is 274 g/mol. The van der Waals surface area contributed by atoms with Gasteiger partial charge in [-0.05, 0) is 59.2 Å². The van der Waals surface area contributed by atoms with Gasteiger partial charge < -0.3 is 8.85 Å². The zero-order chi connectivity index (χ0) is 15.3. The summed E-state index contributed by atoms with van der Waals surface area (Å²) in [5, 5.41) is 0. The van der Waals surface area contributed by atoms with Gasteiger partial charge in [0.25, 0.3) is 0 Å². The first-order valence-electron chi connectivity index (χ1n) is 6.49. The van der Waals surface area contributed by atoms with Crippen molar-refractivity contribution in [1.29, 1.82) is 0 Å². The molecule has 0 bridgehead atoms. The summed E-state index contributed by atoms with van der Waals surface area (Å²) in [6.07, 6.45) is 1.86. The summed E-state index contributed by atoms with van der Waals surface area (Å²) in [6.45, 7) is 16.2. The number of allylic oxidation sites excluding steroid dienone is 1. The second-order valence-corrected chi connectivity index (χ2v) is 15.5. The third kappa shape index (κ3) is 11.9. The lowest BCUT2D eigenvalue weighted by Crippen LogP contribution is -2.31. The summed E-state index contributed by atoms with van der Waals surface area (Å²) >= 11 is 0. The van der Waals surface area contributed by atoms with Crippen molar-refractivity contribution in [3.8, 4) is 0 Å². The quantitative estimate of drug-likeness (QED) is 0.443. The Morgan fingerprint density at radius 1 is 1.00 bits per heavy atom. The molecule has 0 aliphatic heterocycles. The molecule has 0 N–H and O–H groups in total. The molecule has 0 atom stereocenters. The van der Waals surface area contributed by atoms with Gasteiger partial charge in [-0.3, -0.25) is 4.79 Å². The van der Waals surface area contributed by atoms with Crippen LogP contribution in [0.2, 0.25) is 39.3 Å². The predicted octanol–water partition coefficient (Wildman–Crippen LogP) is 3.58. The van der Waals surface area contributed by atoms with Gasteiger partial charge in [0.15, 0.2) is 5.90 Å². The van der Waals surface area contributed by atoms with Gasteiger partial charge in [0, 0.05) is 0 Å². The van der Waals surface area contributed by atoms with Gasteiger partial charge in [-0.2, -0.15) is 0 Å². The molecule has 0 heterocycles. The van der Waals surface area contributed by atoms with Crippen molar-refractivity contribution in [1.82, 2.24) is 0 Å². The Labute approximate surface area is 119 Å². The van der Waals surface area contributed by atoms with Gasteiger partial charge in [-0.25, -0.2) is 4.99 Å². The van der Waals surface area contributed by atoms with Crippen LogP contribution in [-0.4, -0.2) is 35.0 Å². The lowest BCUT2D eigenvalue weighted by Gasteiger charge is -2.20. The lowest BCUT2D eigenvalue weighted by atomic mass is 10.3. The molecule has 0 aliphatic rings. The van der Waals surface area contributed by atoms with Crippen molar-refractivity contribution >= 4 is 28.5 Å². The topological polar surface area (TPSA) is 47.9 Å². The van der Waals surface area contributed by atoms with Crippen molar-refractivity contribution in [2.45, 2.75) is 53.1 Å². The van der Waals surface area contributed by atoms with Crippen LogP contribution >= 0.6 is 0 Å². The zero-order valence-electron chi connectivity index (χ0n) is 13.5. The van der Waals surface area contributed by atoms with E-state index in [9.17, 15) is 4.79 Å². The maximum atomic E-state index is 11.7. The summed E-state index contributed by atoms with van der Waals surface area (Å²) in [6, 6.07) is 0. The maximum Gasteiger partial charge on any atom is 0.314 e. The van der Waals surface area contributed by atoms with Crippen molar-refractivity contribution in [3.05, 3.63) is 11.6 Å². The Morgan fingerprint density at radius 3 is 1.84 bits per heavy atom. The van der Waals surface area contributed by atoms with Crippen LogP contribution in [0.25, 0.3) is 0 Å². The van der Waals surface area contributed by atoms with E-state index >= 15 is 0 Å². The number of carbonyl (C=O) groups excluding carboxylic acids is 1. The number of hydrogen-bond acceptors (Lipinski definition) is 4. The van der Waals surface area contributed by atoms with E-state index in [0.29, 0.717) is 5.90 Å². The van der Waals surface area contributed by atoms with Crippen LogP contribution < -0.4 is 0 Å². The van der Waals surface area contributed by atoms with E-state index < -0.39 is 16.6 Å². The monoisotopic (exact) mass is 301 g/mol. The highest BCUT2D eigenvalue weighted by molar-refractivity contribution is 6.71. The number of nitrogens with zero attached hydrogens (tertiary/aromatic N) is 1. The predicted molar refractivity (Wildman–Crippen MR) is 85.6 cm³/mol. The van der Waals surface area contributed by atoms with Crippen LogP contribution in [0.4, 0.5) is 0 Å². The van der Waals surface area contributed by atoms with Crippen LogP contribution in [-0.2, 0) is 13.6 Å². The van der Waals surface area contributed by atoms with Crippen molar-refractivity contribution in [2.24, 2.45) is 4.99 Å². The van der Waals surface area contributed by atoms with Gasteiger partial charge in [0.1, 0.15) is 6.54 Å². The van der Waals surface area contributed by atoms with Gasteiger partial charge >= 0.3 is 5.97 Å². The molecule has 0 spiro atoms. The van der Waals surface area contributed by atoms with E-state index in [1.165, 1.54) is 0 Å². The van der Waals surface area contributed by atoms with E-state index in [2.05, 4.69) is 24.6 Å². The van der Waals surface area contributed by atoms with E-state index in [-0.39, 0.29) is 12.5 Å². The van der Waals surface area contributed by atoms with E-state index in [4.69, 9.17) is 8.85 Å². The molecule has 0 aromatic heterocycles. The van der Waals surface area contributed by atoms with Crippen LogP contribution in [0.1, 0.15) is 13.8 Å². The molecule has 0 saturated carbocycles. The largest absolute Gasteiger partial charge is 0.532 e. The normalized spacial score (nSPS) is 12.9. The third-order valence-corrected chi connectivity index (χ3v) is 3.27. The van der Waals surface area contributed by atoms with E-state index in [1.807, 2.05) is 39.6 Å². The number of aliphatic imine (C=N–C) groups is 1. The molecule has 0 rings (SSSR count). The first-order chi connectivity index (χ1) is 8.39. The fourth-order valence-corrected chi connectivity index (χ4v) is 2.68.